The van der Waals surface area contributed by atoms with Crippen molar-refractivity contribution in [2.45, 2.75) is 37.9 Å². The summed E-state index contributed by atoms with van der Waals surface area (Å²) in [5.74, 6) is -0.0173. The largest absolute Gasteiger partial charge is 0.358 e. The highest BCUT2D eigenvalue weighted by atomic mass is 16.1. The van der Waals surface area contributed by atoms with Crippen LogP contribution in [0, 0.1) is 0 Å². The van der Waals surface area contributed by atoms with Gasteiger partial charge in [-0.2, -0.15) is 0 Å². The molecule has 0 bridgehead atoms. The topological polar surface area (TPSA) is 74.2 Å². The summed E-state index contributed by atoms with van der Waals surface area (Å²) in [7, 11) is 2.14. The number of benzene rings is 2. The molecular weight excluding hydrogens is 348 g/mol. The molecule has 5 nitrogen and oxygen atoms in total. The van der Waals surface area contributed by atoms with Crippen LogP contribution in [0.1, 0.15) is 57.7 Å². The second kappa shape index (κ2) is 6.76. The molecule has 144 valence electrons. The number of nitrogens with one attached hydrogen (secondary N) is 2. The van der Waals surface area contributed by atoms with Gasteiger partial charge in [-0.25, -0.2) is 0 Å². The highest BCUT2D eigenvalue weighted by Crippen LogP contribution is 2.35. The average molecular weight is 374 g/mol. The van der Waals surface area contributed by atoms with Crippen molar-refractivity contribution in [3.8, 4) is 0 Å². The van der Waals surface area contributed by atoms with Gasteiger partial charge in [-0.1, -0.05) is 24.3 Å². The van der Waals surface area contributed by atoms with E-state index in [4.69, 9.17) is 5.73 Å². The number of carbonyl (C=O) groups excluding carboxylic acids is 1. The number of aromatic nitrogens is 1. The van der Waals surface area contributed by atoms with E-state index in [0.717, 1.165) is 54.6 Å². The highest BCUT2D eigenvalue weighted by Gasteiger charge is 2.26. The molecule has 4 N–H and O–H groups in total. The number of hydrogen-bond donors (Lipinski definition) is 3. The fourth-order valence-electron chi connectivity index (χ4n) is 4.70. The fourth-order valence-corrected chi connectivity index (χ4v) is 4.70. The highest BCUT2D eigenvalue weighted by molar-refractivity contribution is 5.99. The number of aromatic amines is 1. The molecule has 5 heteroatoms. The van der Waals surface area contributed by atoms with Crippen LogP contribution in [-0.2, 0) is 13.0 Å². The van der Waals surface area contributed by atoms with Gasteiger partial charge in [-0.15, -0.1) is 0 Å². The molecule has 28 heavy (non-hydrogen) atoms. The Morgan fingerprint density at radius 3 is 2.86 bits per heavy atom. The van der Waals surface area contributed by atoms with Gasteiger partial charge in [0.2, 0.25) is 0 Å². The Kier molecular flexibility index (Phi) is 4.22. The van der Waals surface area contributed by atoms with Crippen LogP contribution in [0.4, 0.5) is 0 Å². The first-order valence-corrected chi connectivity index (χ1v) is 10.1. The van der Waals surface area contributed by atoms with Crippen LogP contribution in [0.25, 0.3) is 10.9 Å². The molecule has 0 radical (unpaired) electrons. The molecule has 2 heterocycles. The molecular formula is C23H26N4O. The monoisotopic (exact) mass is 374 g/mol. The molecule has 1 aromatic heterocycles. The van der Waals surface area contributed by atoms with Crippen molar-refractivity contribution in [2.24, 2.45) is 5.73 Å². The standard InChI is InChI=1S/C23H26N4O/c1-27-11-10-22-18(13-27)17-12-14(6-8-21(17)25-22)23(28)26-20-9-7-19(24)15-4-2-3-5-16(15)20/h2-6,8,12,19-20,25H,7,9-11,13,24H2,1H3,(H,26,28). The van der Waals surface area contributed by atoms with Gasteiger partial charge in [-0.05, 0) is 54.8 Å². The Labute approximate surface area is 164 Å². The zero-order valence-electron chi connectivity index (χ0n) is 16.2. The van der Waals surface area contributed by atoms with Gasteiger partial charge in [0.25, 0.3) is 5.91 Å². The molecule has 0 spiro atoms. The molecule has 5 rings (SSSR count). The first kappa shape index (κ1) is 17.5. The number of fused-ring (bicyclic) bond motifs is 4. The van der Waals surface area contributed by atoms with Crippen LogP contribution in [0.3, 0.4) is 0 Å². The van der Waals surface area contributed by atoms with Crippen molar-refractivity contribution < 1.29 is 4.79 Å². The third-order valence-electron chi connectivity index (χ3n) is 6.27. The minimum atomic E-state index is -0.0173. The number of hydrogen-bond acceptors (Lipinski definition) is 3. The first-order valence-electron chi connectivity index (χ1n) is 10.1. The van der Waals surface area contributed by atoms with E-state index in [1.807, 2.05) is 30.3 Å². The predicted octanol–water partition coefficient (Wildman–Crippen LogP) is 3.42. The van der Waals surface area contributed by atoms with Crippen molar-refractivity contribution >= 4 is 16.8 Å². The smallest absolute Gasteiger partial charge is 0.251 e. The van der Waals surface area contributed by atoms with Gasteiger partial charge >= 0.3 is 0 Å². The maximum Gasteiger partial charge on any atom is 0.251 e. The van der Waals surface area contributed by atoms with E-state index < -0.39 is 0 Å². The van der Waals surface area contributed by atoms with Crippen LogP contribution in [0.15, 0.2) is 42.5 Å². The van der Waals surface area contributed by atoms with Crippen molar-refractivity contribution in [3.63, 3.8) is 0 Å². The summed E-state index contributed by atoms with van der Waals surface area (Å²) in [6.45, 7) is 1.99. The van der Waals surface area contributed by atoms with Crippen molar-refractivity contribution in [3.05, 3.63) is 70.4 Å². The molecule has 2 aromatic carbocycles. The number of amides is 1. The number of likely N-dealkylation sites (N-methyl/N-ethyl adjacent to an activating group) is 1. The van der Waals surface area contributed by atoms with Crippen LogP contribution in [0.2, 0.25) is 0 Å². The second-order valence-electron chi connectivity index (χ2n) is 8.17. The quantitative estimate of drug-likeness (QED) is 0.643. The van der Waals surface area contributed by atoms with E-state index in [2.05, 4.69) is 34.4 Å². The minimum absolute atomic E-state index is 0.0173. The Bertz CT molecular complexity index is 1050. The number of carbonyl (C=O) groups is 1. The molecule has 0 fully saturated rings. The summed E-state index contributed by atoms with van der Waals surface area (Å²) in [5.41, 5.74) is 13.0. The zero-order valence-corrected chi connectivity index (χ0v) is 16.2. The molecule has 0 saturated heterocycles. The number of H-pyrrole nitrogens is 1. The molecule has 1 amide bonds. The van der Waals surface area contributed by atoms with Crippen molar-refractivity contribution in [1.82, 2.24) is 15.2 Å². The van der Waals surface area contributed by atoms with Gasteiger partial charge in [-0.3, -0.25) is 4.79 Å². The second-order valence-corrected chi connectivity index (χ2v) is 8.17. The normalized spacial score (nSPS) is 21.9. The van der Waals surface area contributed by atoms with Gasteiger partial charge in [0.15, 0.2) is 0 Å². The number of rotatable bonds is 2. The molecule has 2 aliphatic rings. The third-order valence-corrected chi connectivity index (χ3v) is 6.27. The lowest BCUT2D eigenvalue weighted by molar-refractivity contribution is 0.0932. The van der Waals surface area contributed by atoms with Crippen LogP contribution in [0.5, 0.6) is 0 Å². The summed E-state index contributed by atoms with van der Waals surface area (Å²) in [4.78, 5) is 18.9. The van der Waals surface area contributed by atoms with Crippen LogP contribution < -0.4 is 11.1 Å². The SMILES string of the molecule is CN1CCc2[nH]c3ccc(C(=O)NC4CCC(N)c5ccccc54)cc3c2C1. The van der Waals surface area contributed by atoms with Crippen LogP contribution >= 0.6 is 0 Å². The van der Waals surface area contributed by atoms with Crippen LogP contribution in [-0.4, -0.2) is 29.4 Å². The van der Waals surface area contributed by atoms with E-state index in [1.165, 1.54) is 16.6 Å². The van der Waals surface area contributed by atoms with Gasteiger partial charge in [0, 0.05) is 47.7 Å². The molecule has 3 aromatic rings. The van der Waals surface area contributed by atoms with Gasteiger partial charge in [0.1, 0.15) is 0 Å². The summed E-state index contributed by atoms with van der Waals surface area (Å²) in [6, 6.07) is 14.3. The van der Waals surface area contributed by atoms with Gasteiger partial charge in [0.05, 0.1) is 6.04 Å². The average Bonchev–Trinajstić information content (AvgIpc) is 3.07. The first-order chi connectivity index (χ1) is 13.6. The third kappa shape index (κ3) is 2.91. The lowest BCUT2D eigenvalue weighted by atomic mass is 9.84. The summed E-state index contributed by atoms with van der Waals surface area (Å²) in [5, 5.41) is 4.41. The Morgan fingerprint density at radius 2 is 2.00 bits per heavy atom. The number of nitrogens with zero attached hydrogens (tertiary/aromatic N) is 1. The maximum atomic E-state index is 13.0. The van der Waals surface area contributed by atoms with Crippen molar-refractivity contribution in [1.29, 1.82) is 0 Å². The van der Waals surface area contributed by atoms with Gasteiger partial charge < -0.3 is 20.9 Å². The Balaban J connectivity index is 1.44. The van der Waals surface area contributed by atoms with Crippen molar-refractivity contribution in [2.75, 3.05) is 13.6 Å². The lowest BCUT2D eigenvalue weighted by Crippen LogP contribution is -2.33. The minimum Gasteiger partial charge on any atom is -0.358 e. The van der Waals surface area contributed by atoms with E-state index >= 15 is 0 Å². The van der Waals surface area contributed by atoms with E-state index in [9.17, 15) is 4.79 Å². The number of nitrogens with two attached hydrogens (primary N) is 1. The summed E-state index contributed by atoms with van der Waals surface area (Å²) < 4.78 is 0. The van der Waals surface area contributed by atoms with E-state index in [0.29, 0.717) is 0 Å². The lowest BCUT2D eigenvalue weighted by Gasteiger charge is -2.30. The summed E-state index contributed by atoms with van der Waals surface area (Å²) in [6.07, 6.45) is 2.79. The zero-order chi connectivity index (χ0) is 19.3. The Morgan fingerprint density at radius 1 is 1.18 bits per heavy atom. The summed E-state index contributed by atoms with van der Waals surface area (Å²) >= 11 is 0. The predicted molar refractivity (Wildman–Crippen MR) is 111 cm³/mol. The Hall–Kier alpha value is -2.63. The molecule has 1 aliphatic carbocycles. The maximum absolute atomic E-state index is 13.0. The molecule has 2 unspecified atom stereocenters. The molecule has 2 atom stereocenters. The molecule has 1 aliphatic heterocycles. The molecule has 0 saturated carbocycles. The van der Waals surface area contributed by atoms with E-state index in [1.54, 1.807) is 0 Å². The fraction of sp³-hybridized carbons (Fsp3) is 0.348. The van der Waals surface area contributed by atoms with E-state index in [-0.39, 0.29) is 18.0 Å².